The van der Waals surface area contributed by atoms with E-state index in [0.29, 0.717) is 5.92 Å². The molecule has 0 spiro atoms. The van der Waals surface area contributed by atoms with Gasteiger partial charge in [-0.3, -0.25) is 4.79 Å². The molecular formula is C18H25N5OS. The van der Waals surface area contributed by atoms with E-state index in [4.69, 9.17) is 5.73 Å². The Labute approximate surface area is 151 Å². The molecule has 1 atom stereocenters. The standard InChI is InChI=1S/C18H25N5OS/c19-17(24)18(7-8-18)23-11-15(21-22-23)16(14-4-2-1-3-5-14)20-10-13-6-9-25-12-13/h6,9,11-12,14,16,20H,1-5,7-8,10H2,(H2,19,24)/t16-/m0/s1. The van der Waals surface area contributed by atoms with E-state index in [1.807, 2.05) is 6.20 Å². The van der Waals surface area contributed by atoms with Crippen LogP contribution in [0.25, 0.3) is 0 Å². The number of aromatic nitrogens is 3. The van der Waals surface area contributed by atoms with Gasteiger partial charge in [0.05, 0.1) is 17.9 Å². The third-order valence-electron chi connectivity index (χ3n) is 5.68. The minimum atomic E-state index is -0.629. The van der Waals surface area contributed by atoms with Crippen molar-refractivity contribution in [1.82, 2.24) is 20.3 Å². The molecule has 0 unspecified atom stereocenters. The first kappa shape index (κ1) is 16.7. The summed E-state index contributed by atoms with van der Waals surface area (Å²) in [6.45, 7) is 0.832. The van der Waals surface area contributed by atoms with Crippen LogP contribution in [0.3, 0.4) is 0 Å². The van der Waals surface area contributed by atoms with Crippen molar-refractivity contribution < 1.29 is 4.79 Å². The van der Waals surface area contributed by atoms with Crippen LogP contribution in [0.15, 0.2) is 23.0 Å². The van der Waals surface area contributed by atoms with Gasteiger partial charge >= 0.3 is 0 Å². The predicted octanol–water partition coefficient (Wildman–Crippen LogP) is 2.73. The van der Waals surface area contributed by atoms with Crippen LogP contribution in [0.1, 0.15) is 62.2 Å². The predicted molar refractivity (Wildman–Crippen MR) is 96.9 cm³/mol. The van der Waals surface area contributed by atoms with Crippen LogP contribution in [0.4, 0.5) is 0 Å². The summed E-state index contributed by atoms with van der Waals surface area (Å²) in [6, 6.07) is 2.33. The second kappa shape index (κ2) is 6.88. The number of thiophene rings is 1. The number of hydrogen-bond donors (Lipinski definition) is 2. The SMILES string of the molecule is NC(=O)C1(n2cc([C@@H](NCc3ccsc3)C3CCCCC3)nn2)CC1. The molecule has 7 heteroatoms. The van der Waals surface area contributed by atoms with Crippen LogP contribution in [0.2, 0.25) is 0 Å². The first-order valence-electron chi connectivity index (χ1n) is 9.16. The third-order valence-corrected chi connectivity index (χ3v) is 6.41. The Kier molecular flexibility index (Phi) is 4.60. The molecule has 2 saturated carbocycles. The van der Waals surface area contributed by atoms with E-state index in [1.54, 1.807) is 16.0 Å². The van der Waals surface area contributed by atoms with Crippen molar-refractivity contribution in [1.29, 1.82) is 0 Å². The zero-order valence-electron chi connectivity index (χ0n) is 14.4. The molecule has 6 nitrogen and oxygen atoms in total. The van der Waals surface area contributed by atoms with Gasteiger partial charge in [-0.25, -0.2) is 4.68 Å². The molecule has 3 N–H and O–H groups in total. The van der Waals surface area contributed by atoms with Gasteiger partial charge < -0.3 is 11.1 Å². The van der Waals surface area contributed by atoms with E-state index in [-0.39, 0.29) is 11.9 Å². The van der Waals surface area contributed by atoms with E-state index in [2.05, 4.69) is 32.5 Å². The average Bonchev–Trinajstić information content (AvgIpc) is 3.05. The van der Waals surface area contributed by atoms with Crippen LogP contribution in [0.5, 0.6) is 0 Å². The lowest BCUT2D eigenvalue weighted by Crippen LogP contribution is -2.34. The number of hydrogen-bond acceptors (Lipinski definition) is 5. The molecule has 1 amide bonds. The molecule has 0 aliphatic heterocycles. The van der Waals surface area contributed by atoms with Gasteiger partial charge in [0.1, 0.15) is 5.54 Å². The molecule has 2 aliphatic rings. The Hall–Kier alpha value is -1.73. The highest BCUT2D eigenvalue weighted by Crippen LogP contribution is 2.43. The van der Waals surface area contributed by atoms with E-state index in [9.17, 15) is 4.79 Å². The Morgan fingerprint density at radius 1 is 1.40 bits per heavy atom. The molecule has 0 radical (unpaired) electrons. The van der Waals surface area contributed by atoms with Gasteiger partial charge in [-0.1, -0.05) is 24.5 Å². The number of carbonyl (C=O) groups is 1. The van der Waals surface area contributed by atoms with Crippen molar-refractivity contribution in [3.63, 3.8) is 0 Å². The molecule has 2 aromatic heterocycles. The summed E-state index contributed by atoms with van der Waals surface area (Å²) in [7, 11) is 0. The van der Waals surface area contributed by atoms with Crippen molar-refractivity contribution in [2.75, 3.05) is 0 Å². The summed E-state index contributed by atoms with van der Waals surface area (Å²) in [5, 5.41) is 16.7. The topological polar surface area (TPSA) is 85.8 Å². The van der Waals surface area contributed by atoms with Gasteiger partial charge in [0.15, 0.2) is 0 Å². The van der Waals surface area contributed by atoms with Crippen LogP contribution in [-0.2, 0) is 16.9 Å². The number of nitrogens with two attached hydrogens (primary N) is 1. The highest BCUT2D eigenvalue weighted by Gasteiger charge is 2.52. The number of nitrogens with zero attached hydrogens (tertiary/aromatic N) is 3. The number of amides is 1. The maximum absolute atomic E-state index is 11.8. The largest absolute Gasteiger partial charge is 0.368 e. The quantitative estimate of drug-likeness (QED) is 0.796. The summed E-state index contributed by atoms with van der Waals surface area (Å²) in [5.41, 5.74) is 7.18. The van der Waals surface area contributed by atoms with Crippen molar-refractivity contribution in [3.05, 3.63) is 34.3 Å². The fourth-order valence-corrected chi connectivity index (χ4v) is 4.61. The Morgan fingerprint density at radius 2 is 2.20 bits per heavy atom. The summed E-state index contributed by atoms with van der Waals surface area (Å²) in [5.74, 6) is 0.269. The highest BCUT2D eigenvalue weighted by molar-refractivity contribution is 7.07. The zero-order valence-corrected chi connectivity index (χ0v) is 15.2. The molecule has 0 aromatic carbocycles. The first-order chi connectivity index (χ1) is 12.2. The highest BCUT2D eigenvalue weighted by atomic mass is 32.1. The Bertz CT molecular complexity index is 716. The fraction of sp³-hybridized carbons (Fsp3) is 0.611. The van der Waals surface area contributed by atoms with Gasteiger partial charge in [0.25, 0.3) is 0 Å². The minimum absolute atomic E-state index is 0.178. The van der Waals surface area contributed by atoms with Gasteiger partial charge in [-0.2, -0.15) is 11.3 Å². The monoisotopic (exact) mass is 359 g/mol. The molecular weight excluding hydrogens is 334 g/mol. The summed E-state index contributed by atoms with van der Waals surface area (Å²) < 4.78 is 1.70. The number of nitrogens with one attached hydrogen (secondary N) is 1. The maximum Gasteiger partial charge on any atom is 0.245 e. The molecule has 25 heavy (non-hydrogen) atoms. The van der Waals surface area contributed by atoms with Gasteiger partial charge in [-0.05, 0) is 54.0 Å². The average molecular weight is 359 g/mol. The van der Waals surface area contributed by atoms with Crippen LogP contribution in [0, 0.1) is 5.92 Å². The van der Waals surface area contributed by atoms with E-state index in [1.165, 1.54) is 37.7 Å². The molecule has 134 valence electrons. The molecule has 2 heterocycles. The van der Waals surface area contributed by atoms with Crippen LogP contribution in [-0.4, -0.2) is 20.9 Å². The van der Waals surface area contributed by atoms with Gasteiger partial charge in [0.2, 0.25) is 5.91 Å². The van der Waals surface area contributed by atoms with E-state index in [0.717, 1.165) is 25.1 Å². The summed E-state index contributed by atoms with van der Waals surface area (Å²) in [6.07, 6.45) is 9.79. The smallest absolute Gasteiger partial charge is 0.245 e. The van der Waals surface area contributed by atoms with Crippen molar-refractivity contribution >= 4 is 17.2 Å². The maximum atomic E-state index is 11.8. The summed E-state index contributed by atoms with van der Waals surface area (Å²) in [4.78, 5) is 11.8. The molecule has 2 aromatic rings. The zero-order chi connectivity index (χ0) is 17.3. The molecule has 4 rings (SSSR count). The van der Waals surface area contributed by atoms with Crippen molar-refractivity contribution in [2.45, 2.75) is 63.1 Å². The second-order valence-corrected chi connectivity index (χ2v) is 8.15. The molecule has 0 saturated heterocycles. The number of rotatable bonds is 7. The number of primary amides is 1. The lowest BCUT2D eigenvalue weighted by atomic mass is 9.82. The van der Waals surface area contributed by atoms with Crippen LogP contribution < -0.4 is 11.1 Å². The molecule has 2 aliphatic carbocycles. The fourth-order valence-electron chi connectivity index (χ4n) is 3.94. The van der Waals surface area contributed by atoms with Gasteiger partial charge in [-0.15, -0.1) is 5.10 Å². The van der Waals surface area contributed by atoms with E-state index < -0.39 is 5.54 Å². The second-order valence-electron chi connectivity index (χ2n) is 7.37. The first-order valence-corrected chi connectivity index (χ1v) is 10.1. The number of carbonyl (C=O) groups excluding carboxylic acids is 1. The van der Waals surface area contributed by atoms with Crippen molar-refractivity contribution in [2.24, 2.45) is 11.7 Å². The van der Waals surface area contributed by atoms with E-state index >= 15 is 0 Å². The lowest BCUT2D eigenvalue weighted by Gasteiger charge is -2.29. The minimum Gasteiger partial charge on any atom is -0.368 e. The normalized spacial score (nSPS) is 21.1. The lowest BCUT2D eigenvalue weighted by molar-refractivity contribution is -0.122. The molecule has 2 fully saturated rings. The van der Waals surface area contributed by atoms with Gasteiger partial charge in [0, 0.05) is 6.54 Å². The molecule has 0 bridgehead atoms. The van der Waals surface area contributed by atoms with Crippen molar-refractivity contribution in [3.8, 4) is 0 Å². The van der Waals surface area contributed by atoms with Crippen LogP contribution >= 0.6 is 11.3 Å². The Morgan fingerprint density at radius 3 is 2.84 bits per heavy atom. The third kappa shape index (κ3) is 3.35. The summed E-state index contributed by atoms with van der Waals surface area (Å²) >= 11 is 1.72. The Balaban J connectivity index is 1.54.